The van der Waals surface area contributed by atoms with Crippen molar-refractivity contribution in [3.05, 3.63) is 28.2 Å². The van der Waals surface area contributed by atoms with Crippen LogP contribution in [0.25, 0.3) is 0 Å². The van der Waals surface area contributed by atoms with E-state index in [2.05, 4.69) is 26.0 Å². The van der Waals surface area contributed by atoms with E-state index in [0.717, 1.165) is 12.6 Å². The predicted molar refractivity (Wildman–Crippen MR) is 79.7 cm³/mol. The smallest absolute Gasteiger partial charge is 0.317 e. The van der Waals surface area contributed by atoms with Crippen molar-refractivity contribution in [2.45, 2.75) is 19.5 Å². The molecule has 2 N–H and O–H groups in total. The lowest BCUT2D eigenvalue weighted by Gasteiger charge is -2.13. The molecular weight excluding hydrogens is 373 g/mol. The third-order valence-electron chi connectivity index (χ3n) is 2.56. The second-order valence-electron chi connectivity index (χ2n) is 4.32. The number of benzene rings is 1. The van der Waals surface area contributed by atoms with Crippen LogP contribution < -0.4 is 10.0 Å². The van der Waals surface area contributed by atoms with Crippen molar-refractivity contribution in [1.29, 1.82) is 0 Å². The Balaban J connectivity index is 2.79. The highest BCUT2D eigenvalue weighted by Gasteiger charge is 2.33. The van der Waals surface area contributed by atoms with Crippen molar-refractivity contribution in [2.24, 2.45) is 0 Å². The molecule has 0 saturated carbocycles. The van der Waals surface area contributed by atoms with Crippen molar-refractivity contribution in [1.82, 2.24) is 5.32 Å². The summed E-state index contributed by atoms with van der Waals surface area (Å²) in [5.41, 5.74) is -1.02. The number of sulfonamides is 1. The molecule has 4 nitrogen and oxygen atoms in total. The van der Waals surface area contributed by atoms with Gasteiger partial charge in [0.1, 0.15) is 0 Å². The zero-order valence-corrected chi connectivity index (χ0v) is 13.7. The Bertz CT molecular complexity index is 576. The molecule has 0 unspecified atom stereocenters. The number of nitrogens with one attached hydrogen (secondary N) is 2. The summed E-state index contributed by atoms with van der Waals surface area (Å²) in [5.74, 6) is -0.155. The first-order valence-electron chi connectivity index (χ1n) is 6.23. The van der Waals surface area contributed by atoms with E-state index < -0.39 is 21.8 Å². The third kappa shape index (κ3) is 6.23. The number of hydrogen-bond donors (Lipinski definition) is 2. The molecular formula is C12H16BrF3N2O2S. The number of anilines is 1. The van der Waals surface area contributed by atoms with Crippen molar-refractivity contribution in [2.75, 3.05) is 23.6 Å². The van der Waals surface area contributed by atoms with Gasteiger partial charge in [0.05, 0.1) is 11.3 Å². The van der Waals surface area contributed by atoms with Gasteiger partial charge in [-0.2, -0.15) is 13.2 Å². The monoisotopic (exact) mass is 388 g/mol. The summed E-state index contributed by atoms with van der Waals surface area (Å²) in [4.78, 5) is 0. The molecule has 0 aliphatic carbocycles. The van der Waals surface area contributed by atoms with Crippen LogP contribution in [0.2, 0.25) is 0 Å². The average molecular weight is 389 g/mol. The first-order chi connectivity index (χ1) is 9.65. The van der Waals surface area contributed by atoms with E-state index in [4.69, 9.17) is 0 Å². The zero-order chi connectivity index (χ0) is 16.1. The Morgan fingerprint density at radius 3 is 2.52 bits per heavy atom. The van der Waals surface area contributed by atoms with Gasteiger partial charge in [0.25, 0.3) is 0 Å². The summed E-state index contributed by atoms with van der Waals surface area (Å²) in [6, 6.07) is 3.21. The Morgan fingerprint density at radius 2 is 1.95 bits per heavy atom. The van der Waals surface area contributed by atoms with Gasteiger partial charge in [-0.3, -0.25) is 4.72 Å². The minimum atomic E-state index is -4.55. The van der Waals surface area contributed by atoms with Gasteiger partial charge in [-0.1, -0.05) is 22.9 Å². The molecule has 0 spiro atoms. The molecule has 1 aromatic rings. The largest absolute Gasteiger partial charge is 0.417 e. The van der Waals surface area contributed by atoms with Crippen LogP contribution in [0, 0.1) is 0 Å². The molecule has 0 fully saturated rings. The van der Waals surface area contributed by atoms with E-state index in [-0.39, 0.29) is 15.9 Å². The normalized spacial score (nSPS) is 12.4. The summed E-state index contributed by atoms with van der Waals surface area (Å²) < 4.78 is 63.8. The maximum atomic E-state index is 12.7. The number of rotatable bonds is 7. The van der Waals surface area contributed by atoms with Crippen molar-refractivity contribution in [3.63, 3.8) is 0 Å². The maximum Gasteiger partial charge on any atom is 0.417 e. The summed E-state index contributed by atoms with van der Waals surface area (Å²) in [7, 11) is -3.66. The summed E-state index contributed by atoms with van der Waals surface area (Å²) in [6.45, 7) is 3.16. The molecule has 0 atom stereocenters. The van der Waals surface area contributed by atoms with Crippen LogP contribution in [0.3, 0.4) is 0 Å². The Hall–Kier alpha value is -0.800. The molecule has 0 saturated heterocycles. The molecule has 1 rings (SSSR count). The molecule has 0 amide bonds. The number of hydrogen-bond acceptors (Lipinski definition) is 3. The highest BCUT2D eigenvalue weighted by Crippen LogP contribution is 2.36. The van der Waals surface area contributed by atoms with E-state index in [1.165, 1.54) is 12.1 Å². The molecule has 0 heterocycles. The van der Waals surface area contributed by atoms with Crippen LogP contribution in [0.1, 0.15) is 18.9 Å². The molecule has 0 aliphatic rings. The summed E-state index contributed by atoms with van der Waals surface area (Å²) in [6.07, 6.45) is -4.17. The maximum absolute atomic E-state index is 12.7. The Morgan fingerprint density at radius 1 is 1.29 bits per heavy atom. The molecule has 1 aromatic carbocycles. The molecule has 0 aromatic heterocycles. The van der Waals surface area contributed by atoms with Gasteiger partial charge in [0.2, 0.25) is 10.0 Å². The Labute approximate surface area is 130 Å². The van der Waals surface area contributed by atoms with Gasteiger partial charge in [-0.15, -0.1) is 0 Å². The van der Waals surface area contributed by atoms with Gasteiger partial charge in [-0.25, -0.2) is 8.42 Å². The molecule has 0 radical (unpaired) electrons. The molecule has 120 valence electrons. The van der Waals surface area contributed by atoms with Gasteiger partial charge >= 0.3 is 6.18 Å². The number of alkyl halides is 3. The van der Waals surface area contributed by atoms with Gasteiger partial charge in [0, 0.05) is 10.2 Å². The van der Waals surface area contributed by atoms with Gasteiger partial charge in [-0.05, 0) is 37.7 Å². The second kappa shape index (κ2) is 7.46. The van der Waals surface area contributed by atoms with Gasteiger partial charge in [0.15, 0.2) is 0 Å². The predicted octanol–water partition coefficient (Wildman–Crippen LogP) is 3.21. The summed E-state index contributed by atoms with van der Waals surface area (Å²) >= 11 is 2.80. The second-order valence-corrected chi connectivity index (χ2v) is 7.02. The third-order valence-corrected chi connectivity index (χ3v) is 4.63. The van der Waals surface area contributed by atoms with Crippen molar-refractivity contribution >= 4 is 31.6 Å². The fourth-order valence-electron chi connectivity index (χ4n) is 1.60. The summed E-state index contributed by atoms with van der Waals surface area (Å²) in [5, 5.41) is 2.97. The Kier molecular flexibility index (Phi) is 6.48. The first kappa shape index (κ1) is 18.2. The fraction of sp³-hybridized carbons (Fsp3) is 0.500. The molecule has 9 heteroatoms. The van der Waals surface area contributed by atoms with Crippen LogP contribution in [0.4, 0.5) is 18.9 Å². The van der Waals surface area contributed by atoms with E-state index >= 15 is 0 Å². The average Bonchev–Trinajstić information content (AvgIpc) is 2.35. The minimum absolute atomic E-state index is 0.103. The molecule has 21 heavy (non-hydrogen) atoms. The van der Waals surface area contributed by atoms with Crippen molar-refractivity contribution in [3.8, 4) is 0 Å². The molecule has 0 bridgehead atoms. The fourth-order valence-corrected chi connectivity index (χ4v) is 3.18. The van der Waals surface area contributed by atoms with Crippen LogP contribution in [0.5, 0.6) is 0 Å². The number of halogens is 4. The van der Waals surface area contributed by atoms with Gasteiger partial charge < -0.3 is 5.32 Å². The lowest BCUT2D eigenvalue weighted by atomic mass is 10.2. The molecule has 0 aliphatic heterocycles. The quantitative estimate of drug-likeness (QED) is 0.705. The highest BCUT2D eigenvalue weighted by molar-refractivity contribution is 9.10. The lowest BCUT2D eigenvalue weighted by molar-refractivity contribution is -0.138. The van der Waals surface area contributed by atoms with Crippen LogP contribution in [-0.2, 0) is 16.2 Å². The van der Waals surface area contributed by atoms with Crippen LogP contribution >= 0.6 is 15.9 Å². The topological polar surface area (TPSA) is 58.2 Å². The minimum Gasteiger partial charge on any atom is -0.317 e. The standard InChI is InChI=1S/C12H16BrF3N2O2S/c1-2-17-6-3-7-21(19,20)18-9-4-5-11(13)10(8-9)12(14,15)16/h4-5,8,17-18H,2-3,6-7H2,1H3. The van der Waals surface area contributed by atoms with Crippen LogP contribution in [-0.4, -0.2) is 27.3 Å². The van der Waals surface area contributed by atoms with Crippen LogP contribution in [0.15, 0.2) is 22.7 Å². The van der Waals surface area contributed by atoms with E-state index in [9.17, 15) is 21.6 Å². The first-order valence-corrected chi connectivity index (χ1v) is 8.68. The zero-order valence-electron chi connectivity index (χ0n) is 11.3. The van der Waals surface area contributed by atoms with Crippen molar-refractivity contribution < 1.29 is 21.6 Å². The van der Waals surface area contributed by atoms with E-state index in [1.54, 1.807) is 0 Å². The van der Waals surface area contributed by atoms with E-state index in [0.29, 0.717) is 13.0 Å². The SMILES string of the molecule is CCNCCCS(=O)(=O)Nc1ccc(Br)c(C(F)(F)F)c1. The highest BCUT2D eigenvalue weighted by atomic mass is 79.9. The lowest BCUT2D eigenvalue weighted by Crippen LogP contribution is -2.22. The van der Waals surface area contributed by atoms with E-state index in [1.807, 2.05) is 6.92 Å².